The van der Waals surface area contributed by atoms with Crippen LogP contribution in [0.5, 0.6) is 0 Å². The predicted octanol–water partition coefficient (Wildman–Crippen LogP) is 9.22. The molecule has 10 heteroatoms. The summed E-state index contributed by atoms with van der Waals surface area (Å²) >= 11 is 0. The highest BCUT2D eigenvalue weighted by atomic mass is 15.0. The SMILES string of the molecule is c1cnc2c(c1)cc(-c1ncnc(-c3ccc4c(ccc5ccc(-c6ncnc(-c7cc8cccnc8c8ncccc78)n6)cc54)c3)n1)c1cccnc12. The van der Waals surface area contributed by atoms with Crippen LogP contribution in [-0.2, 0) is 0 Å². The minimum atomic E-state index is 0.577. The number of hydrogen-bond donors (Lipinski definition) is 0. The standard InChI is InChI=1S/C44H24N10/c1-5-27-20-35(32-7-3-17-47-39(32)37(27)45-15-1)43-51-23-49-41(53-43)29-13-14-31-26(19-29)11-9-25-10-12-30(22-34(25)31)42-50-24-52-44(54-42)36-21-28-6-2-16-46-38(28)40-33(36)8-4-18-48-40/h1-24H. The van der Waals surface area contributed by atoms with Crippen molar-refractivity contribution in [1.82, 2.24) is 49.8 Å². The summed E-state index contributed by atoms with van der Waals surface area (Å²) in [7, 11) is 0. The van der Waals surface area contributed by atoms with Crippen molar-refractivity contribution in [2.24, 2.45) is 0 Å². The van der Waals surface area contributed by atoms with Crippen LogP contribution in [0.15, 0.2) is 147 Å². The van der Waals surface area contributed by atoms with E-state index in [2.05, 4.69) is 101 Å². The van der Waals surface area contributed by atoms with Gasteiger partial charge in [-0.1, -0.05) is 60.7 Å². The van der Waals surface area contributed by atoms with Gasteiger partial charge >= 0.3 is 0 Å². The second-order valence-corrected chi connectivity index (χ2v) is 13.0. The third-order valence-corrected chi connectivity index (χ3v) is 9.90. The van der Waals surface area contributed by atoms with Crippen LogP contribution >= 0.6 is 0 Å². The highest BCUT2D eigenvalue weighted by Crippen LogP contribution is 2.35. The zero-order chi connectivity index (χ0) is 35.6. The number of hydrogen-bond acceptors (Lipinski definition) is 10. The minimum Gasteiger partial charge on any atom is -0.254 e. The van der Waals surface area contributed by atoms with E-state index in [1.165, 1.54) is 0 Å². The molecule has 0 radical (unpaired) electrons. The molecule has 0 atom stereocenters. The van der Waals surface area contributed by atoms with Crippen LogP contribution in [-0.4, -0.2) is 49.8 Å². The van der Waals surface area contributed by atoms with E-state index in [4.69, 9.17) is 9.97 Å². The molecule has 0 unspecified atom stereocenters. The first kappa shape index (κ1) is 30.0. The van der Waals surface area contributed by atoms with Gasteiger partial charge in [-0.3, -0.25) is 19.9 Å². The van der Waals surface area contributed by atoms with Crippen LogP contribution < -0.4 is 0 Å². The molecule has 5 aromatic carbocycles. The third-order valence-electron chi connectivity index (χ3n) is 9.90. The lowest BCUT2D eigenvalue weighted by atomic mass is 9.98. The molecule has 11 aromatic rings. The zero-order valence-electron chi connectivity index (χ0n) is 28.3. The third kappa shape index (κ3) is 4.81. The number of nitrogens with zero attached hydrogens (tertiary/aromatic N) is 10. The van der Waals surface area contributed by atoms with Crippen LogP contribution in [0, 0.1) is 0 Å². The Morgan fingerprint density at radius 1 is 0.296 bits per heavy atom. The monoisotopic (exact) mass is 692 g/mol. The van der Waals surface area contributed by atoms with Gasteiger partial charge in [0.05, 0.1) is 22.1 Å². The molecule has 0 saturated heterocycles. The maximum atomic E-state index is 4.98. The Bertz CT molecular complexity index is 3310. The molecule has 6 aromatic heterocycles. The van der Waals surface area contributed by atoms with Crippen molar-refractivity contribution >= 4 is 65.2 Å². The molecule has 0 aliphatic rings. The van der Waals surface area contributed by atoms with Gasteiger partial charge in [-0.2, -0.15) is 0 Å². The fourth-order valence-electron chi connectivity index (χ4n) is 7.39. The number of pyridine rings is 4. The average molecular weight is 693 g/mol. The zero-order valence-corrected chi connectivity index (χ0v) is 28.3. The first-order valence-corrected chi connectivity index (χ1v) is 17.4. The largest absolute Gasteiger partial charge is 0.254 e. The van der Waals surface area contributed by atoms with Crippen LogP contribution in [0.1, 0.15) is 0 Å². The molecular weight excluding hydrogens is 669 g/mol. The second-order valence-electron chi connectivity index (χ2n) is 13.0. The van der Waals surface area contributed by atoms with Gasteiger partial charge in [0.25, 0.3) is 0 Å². The topological polar surface area (TPSA) is 129 Å². The Morgan fingerprint density at radius 2 is 0.778 bits per heavy atom. The van der Waals surface area contributed by atoms with Crippen molar-refractivity contribution in [3.8, 4) is 45.6 Å². The van der Waals surface area contributed by atoms with Crippen molar-refractivity contribution < 1.29 is 0 Å². The number of benzene rings is 5. The van der Waals surface area contributed by atoms with E-state index < -0.39 is 0 Å². The summed E-state index contributed by atoms with van der Waals surface area (Å²) in [5.74, 6) is 2.33. The Balaban J connectivity index is 0.990. The van der Waals surface area contributed by atoms with Crippen LogP contribution in [0.25, 0.3) is 111 Å². The Morgan fingerprint density at radius 3 is 1.39 bits per heavy atom. The van der Waals surface area contributed by atoms with E-state index in [1.807, 2.05) is 48.5 Å². The molecule has 0 aliphatic carbocycles. The van der Waals surface area contributed by atoms with Gasteiger partial charge in [0, 0.05) is 68.6 Å². The fraction of sp³-hybridized carbons (Fsp3) is 0. The van der Waals surface area contributed by atoms with E-state index in [9.17, 15) is 0 Å². The van der Waals surface area contributed by atoms with Crippen molar-refractivity contribution in [2.45, 2.75) is 0 Å². The van der Waals surface area contributed by atoms with Gasteiger partial charge in [-0.05, 0) is 70.1 Å². The smallest absolute Gasteiger partial charge is 0.164 e. The first-order chi connectivity index (χ1) is 26.7. The van der Waals surface area contributed by atoms with Crippen LogP contribution in [0.3, 0.4) is 0 Å². The maximum absolute atomic E-state index is 4.98. The van der Waals surface area contributed by atoms with Gasteiger partial charge in [0.1, 0.15) is 12.7 Å². The second kappa shape index (κ2) is 11.9. The fourth-order valence-corrected chi connectivity index (χ4v) is 7.39. The number of rotatable bonds is 4. The van der Waals surface area contributed by atoms with E-state index in [0.717, 1.165) is 87.4 Å². The number of aromatic nitrogens is 10. The summed E-state index contributed by atoms with van der Waals surface area (Å²) < 4.78 is 0. The van der Waals surface area contributed by atoms with Gasteiger partial charge in [0.15, 0.2) is 23.3 Å². The lowest BCUT2D eigenvalue weighted by Gasteiger charge is -2.11. The highest BCUT2D eigenvalue weighted by Gasteiger charge is 2.16. The number of fused-ring (bicyclic) bond motifs is 9. The van der Waals surface area contributed by atoms with Gasteiger partial charge in [0.2, 0.25) is 0 Å². The summed E-state index contributed by atoms with van der Waals surface area (Å²) in [5.41, 5.74) is 6.87. The molecule has 0 saturated carbocycles. The van der Waals surface area contributed by atoms with Crippen molar-refractivity contribution in [2.75, 3.05) is 0 Å². The van der Waals surface area contributed by atoms with Gasteiger partial charge in [-0.15, -0.1) is 0 Å². The molecule has 0 fully saturated rings. The molecule has 250 valence electrons. The van der Waals surface area contributed by atoms with E-state index in [-0.39, 0.29) is 0 Å². The predicted molar refractivity (Wildman–Crippen MR) is 211 cm³/mol. The lowest BCUT2D eigenvalue weighted by molar-refractivity contribution is 1.07. The lowest BCUT2D eigenvalue weighted by Crippen LogP contribution is -1.97. The normalized spacial score (nSPS) is 11.7. The Labute approximate surface area is 306 Å². The summed E-state index contributed by atoms with van der Waals surface area (Å²) in [5, 5.41) is 8.18. The van der Waals surface area contributed by atoms with Crippen LogP contribution in [0.2, 0.25) is 0 Å². The molecule has 0 aliphatic heterocycles. The molecule has 0 amide bonds. The van der Waals surface area contributed by atoms with E-state index in [1.54, 1.807) is 37.4 Å². The summed E-state index contributed by atoms with van der Waals surface area (Å²) in [6.45, 7) is 0. The highest BCUT2D eigenvalue weighted by molar-refractivity contribution is 6.11. The van der Waals surface area contributed by atoms with E-state index in [0.29, 0.717) is 23.3 Å². The Kier molecular flexibility index (Phi) is 6.62. The maximum Gasteiger partial charge on any atom is 0.164 e. The first-order valence-electron chi connectivity index (χ1n) is 17.4. The summed E-state index contributed by atoms with van der Waals surface area (Å²) in [6.07, 6.45) is 10.3. The van der Waals surface area contributed by atoms with Crippen molar-refractivity contribution in [1.29, 1.82) is 0 Å². The molecule has 10 nitrogen and oxygen atoms in total. The molecule has 0 spiro atoms. The molecule has 0 bridgehead atoms. The summed E-state index contributed by atoms with van der Waals surface area (Å²) in [4.78, 5) is 46.8. The van der Waals surface area contributed by atoms with E-state index >= 15 is 0 Å². The molecular formula is C44H24N10. The average Bonchev–Trinajstić information content (AvgIpc) is 3.25. The quantitative estimate of drug-likeness (QED) is 0.165. The molecule has 6 heterocycles. The summed E-state index contributed by atoms with van der Waals surface area (Å²) in [6, 6.07) is 36.9. The van der Waals surface area contributed by atoms with Crippen LogP contribution in [0.4, 0.5) is 0 Å². The van der Waals surface area contributed by atoms with Crippen molar-refractivity contribution in [3.05, 3.63) is 147 Å². The molecule has 54 heavy (non-hydrogen) atoms. The minimum absolute atomic E-state index is 0.577. The molecule has 0 N–H and O–H groups in total. The Hall–Kier alpha value is -7.72. The van der Waals surface area contributed by atoms with Gasteiger partial charge < -0.3 is 0 Å². The van der Waals surface area contributed by atoms with Gasteiger partial charge in [-0.25, -0.2) is 29.9 Å². The van der Waals surface area contributed by atoms with Crippen molar-refractivity contribution in [3.63, 3.8) is 0 Å². The molecule has 11 rings (SSSR count).